The summed E-state index contributed by atoms with van der Waals surface area (Å²) in [5, 5.41) is 0. The van der Waals surface area contributed by atoms with E-state index in [1.54, 1.807) is 24.3 Å². The highest BCUT2D eigenvalue weighted by Crippen LogP contribution is 2.46. The van der Waals surface area contributed by atoms with Crippen LogP contribution < -0.4 is 0 Å². The van der Waals surface area contributed by atoms with E-state index >= 15 is 0 Å². The van der Waals surface area contributed by atoms with E-state index in [1.807, 2.05) is 33.8 Å². The molecule has 0 bridgehead atoms. The van der Waals surface area contributed by atoms with Crippen LogP contribution in [0.4, 0.5) is 0 Å². The van der Waals surface area contributed by atoms with Gasteiger partial charge in [0.2, 0.25) is 0 Å². The predicted molar refractivity (Wildman–Crippen MR) is 110 cm³/mol. The summed E-state index contributed by atoms with van der Waals surface area (Å²) >= 11 is 1.25. The van der Waals surface area contributed by atoms with Gasteiger partial charge in [-0.15, -0.1) is 11.8 Å². The van der Waals surface area contributed by atoms with Crippen LogP contribution in [0.25, 0.3) is 0 Å². The molecule has 3 fully saturated rings. The van der Waals surface area contributed by atoms with Crippen molar-refractivity contribution in [1.29, 1.82) is 0 Å². The lowest BCUT2D eigenvalue weighted by molar-refractivity contribution is -0.223. The van der Waals surface area contributed by atoms with Crippen LogP contribution in [-0.2, 0) is 28.5 Å². The molecule has 0 radical (unpaired) electrons. The minimum atomic E-state index is -0.841. The van der Waals surface area contributed by atoms with Gasteiger partial charge in [0.15, 0.2) is 23.6 Å². The van der Waals surface area contributed by atoms with E-state index in [1.165, 1.54) is 17.8 Å². The van der Waals surface area contributed by atoms with Crippen LogP contribution in [0.2, 0.25) is 0 Å². The molecule has 3 aliphatic heterocycles. The molecule has 5 atom stereocenters. The second-order valence-corrected chi connectivity index (χ2v) is 9.44. The first-order valence-electron chi connectivity index (χ1n) is 9.93. The summed E-state index contributed by atoms with van der Waals surface area (Å²) in [7, 11) is 0. The van der Waals surface area contributed by atoms with E-state index in [0.717, 1.165) is 6.29 Å². The zero-order valence-electron chi connectivity index (χ0n) is 17.4. The number of allylic oxidation sites excluding steroid dienone is 1. The number of thioether (sulfide) groups is 1. The van der Waals surface area contributed by atoms with E-state index in [2.05, 4.69) is 0 Å². The molecule has 1 aromatic rings. The van der Waals surface area contributed by atoms with Gasteiger partial charge in [0.25, 0.3) is 0 Å². The number of aldehydes is 1. The summed E-state index contributed by atoms with van der Waals surface area (Å²) in [6.07, 6.45) is -0.385. The third-order valence-electron chi connectivity index (χ3n) is 5.08. The number of ether oxygens (including phenoxy) is 5. The molecule has 8 heteroatoms. The van der Waals surface area contributed by atoms with Crippen LogP contribution in [0.3, 0.4) is 0 Å². The van der Waals surface area contributed by atoms with Crippen molar-refractivity contribution in [3.63, 3.8) is 0 Å². The zero-order chi connectivity index (χ0) is 21.5. The fourth-order valence-corrected chi connectivity index (χ4v) is 4.80. The lowest BCUT2D eigenvalue weighted by Crippen LogP contribution is -2.55. The lowest BCUT2D eigenvalue weighted by atomic mass is 9.97. The van der Waals surface area contributed by atoms with Crippen molar-refractivity contribution in [2.75, 3.05) is 5.75 Å². The molecule has 4 rings (SSSR count). The molecule has 0 spiro atoms. The summed E-state index contributed by atoms with van der Waals surface area (Å²) in [5.41, 5.74) is 0.553. The Morgan fingerprint density at radius 1 is 0.967 bits per heavy atom. The Morgan fingerprint density at radius 2 is 1.60 bits per heavy atom. The fraction of sp³-hybridized carbons (Fsp3) is 0.545. The van der Waals surface area contributed by atoms with E-state index < -0.39 is 42.3 Å². The largest absolute Gasteiger partial charge is 0.342 e. The van der Waals surface area contributed by atoms with Crippen molar-refractivity contribution in [3.8, 4) is 0 Å². The van der Waals surface area contributed by atoms with Crippen molar-refractivity contribution in [3.05, 3.63) is 46.9 Å². The fourth-order valence-electron chi connectivity index (χ4n) is 3.99. The number of hydrogen-bond acceptors (Lipinski definition) is 8. The first-order valence-corrected chi connectivity index (χ1v) is 10.9. The molecule has 0 N–H and O–H groups in total. The first-order chi connectivity index (χ1) is 14.2. The number of carbonyl (C=O) groups excluding carboxylic acids is 2. The van der Waals surface area contributed by atoms with Crippen LogP contribution >= 0.6 is 11.8 Å². The highest BCUT2D eigenvalue weighted by molar-refractivity contribution is 8.03. The highest BCUT2D eigenvalue weighted by Gasteiger charge is 2.61. The molecule has 3 saturated heterocycles. The Kier molecular flexibility index (Phi) is 5.91. The van der Waals surface area contributed by atoms with Crippen molar-refractivity contribution >= 4 is 23.8 Å². The van der Waals surface area contributed by atoms with E-state index in [-0.39, 0.29) is 11.5 Å². The normalized spacial score (nSPS) is 34.3. The standard InChI is InChI=1S/C22H26O7S/c1-21(2)26-17-16(25-20-19(18(17)27-21)28-22(3,4)29-20)15(30-11-10-23)12-14(24)13-8-6-5-7-9-13/h5-10,12,16-20H,11H2,1-4H3/t16?,17-,18?,19?,20+/m0/s1. The van der Waals surface area contributed by atoms with Gasteiger partial charge in [-0.3, -0.25) is 4.79 Å². The van der Waals surface area contributed by atoms with E-state index in [0.29, 0.717) is 10.5 Å². The predicted octanol–water partition coefficient (Wildman–Crippen LogP) is 3.08. The maximum Gasteiger partial charge on any atom is 0.190 e. The Morgan fingerprint density at radius 3 is 2.30 bits per heavy atom. The minimum absolute atomic E-state index is 0.173. The summed E-state index contributed by atoms with van der Waals surface area (Å²) in [5.74, 6) is -1.66. The average molecular weight is 435 g/mol. The van der Waals surface area contributed by atoms with Crippen molar-refractivity contribution in [2.24, 2.45) is 0 Å². The number of rotatable bonds is 6. The van der Waals surface area contributed by atoms with Crippen molar-refractivity contribution < 1.29 is 33.3 Å². The molecule has 3 heterocycles. The van der Waals surface area contributed by atoms with Gasteiger partial charge in [-0.2, -0.15) is 0 Å². The van der Waals surface area contributed by atoms with Gasteiger partial charge in [-0.25, -0.2) is 0 Å². The van der Waals surface area contributed by atoms with Gasteiger partial charge in [0, 0.05) is 10.5 Å². The van der Waals surface area contributed by atoms with Crippen LogP contribution in [0.1, 0.15) is 38.1 Å². The van der Waals surface area contributed by atoms with Crippen LogP contribution in [0.5, 0.6) is 0 Å². The zero-order valence-corrected chi connectivity index (χ0v) is 18.2. The quantitative estimate of drug-likeness (QED) is 0.384. The van der Waals surface area contributed by atoms with Crippen molar-refractivity contribution in [2.45, 2.75) is 70.0 Å². The monoisotopic (exact) mass is 434 g/mol. The van der Waals surface area contributed by atoms with Gasteiger partial charge in [-0.05, 0) is 33.8 Å². The third-order valence-corrected chi connectivity index (χ3v) is 6.07. The van der Waals surface area contributed by atoms with E-state index in [9.17, 15) is 9.59 Å². The average Bonchev–Trinajstić information content (AvgIpc) is 3.19. The summed E-state index contributed by atoms with van der Waals surface area (Å²) in [4.78, 5) is 24.5. The molecule has 7 nitrogen and oxygen atoms in total. The topological polar surface area (TPSA) is 80.3 Å². The molecule has 3 aliphatic rings. The number of hydrogen-bond donors (Lipinski definition) is 0. The van der Waals surface area contributed by atoms with Gasteiger partial charge < -0.3 is 28.5 Å². The number of benzene rings is 1. The summed E-state index contributed by atoms with van der Waals surface area (Å²) < 4.78 is 30.5. The minimum Gasteiger partial charge on any atom is -0.342 e. The molecule has 3 unspecified atom stereocenters. The summed E-state index contributed by atoms with van der Waals surface area (Å²) in [6.45, 7) is 7.29. The van der Waals surface area contributed by atoms with Gasteiger partial charge >= 0.3 is 0 Å². The molecule has 0 aliphatic carbocycles. The number of ketones is 1. The third kappa shape index (κ3) is 4.39. The molecular weight excluding hydrogens is 408 g/mol. The lowest BCUT2D eigenvalue weighted by Gasteiger charge is -2.38. The number of fused-ring (bicyclic) bond motifs is 3. The van der Waals surface area contributed by atoms with Gasteiger partial charge in [0.05, 0.1) is 5.75 Å². The maximum absolute atomic E-state index is 12.8. The Hall–Kier alpha value is -1.55. The van der Waals surface area contributed by atoms with Crippen LogP contribution in [0, 0.1) is 0 Å². The molecule has 0 saturated carbocycles. The molecule has 1 aromatic carbocycles. The molecule has 162 valence electrons. The molecular formula is C22H26O7S. The maximum atomic E-state index is 12.8. The molecule has 0 aromatic heterocycles. The van der Waals surface area contributed by atoms with Crippen LogP contribution in [-0.4, -0.2) is 60.1 Å². The Bertz CT molecular complexity index is 835. The van der Waals surface area contributed by atoms with Crippen molar-refractivity contribution in [1.82, 2.24) is 0 Å². The smallest absolute Gasteiger partial charge is 0.190 e. The highest BCUT2D eigenvalue weighted by atomic mass is 32.2. The second-order valence-electron chi connectivity index (χ2n) is 8.34. The Balaban J connectivity index is 1.67. The summed E-state index contributed by atoms with van der Waals surface area (Å²) in [6, 6.07) is 8.95. The molecule has 30 heavy (non-hydrogen) atoms. The molecule has 0 amide bonds. The van der Waals surface area contributed by atoms with Crippen LogP contribution in [0.15, 0.2) is 41.3 Å². The van der Waals surface area contributed by atoms with Gasteiger partial charge in [0.1, 0.15) is 30.7 Å². The van der Waals surface area contributed by atoms with Gasteiger partial charge in [-0.1, -0.05) is 30.3 Å². The first kappa shape index (κ1) is 21.7. The second kappa shape index (κ2) is 8.18. The Labute approximate surface area is 180 Å². The SMILES string of the molecule is CC1(C)OC2C3OC(C)(C)O[C@H]3C(C(=CC(=O)c3ccccc3)SCC=O)O[C@@H]2O1. The van der Waals surface area contributed by atoms with E-state index in [4.69, 9.17) is 23.7 Å². The number of carbonyl (C=O) groups is 2.